The van der Waals surface area contributed by atoms with Crippen LogP contribution in [0.4, 0.5) is 4.79 Å². The number of hydrogen-bond acceptors (Lipinski definition) is 3. The zero-order chi connectivity index (χ0) is 15.7. The fraction of sp³-hybridized carbons (Fsp3) is 0.357. The number of carbonyl (C=O) groups excluding carboxylic acids is 1. The maximum Gasteiger partial charge on any atom is 0.315 e. The first-order valence-electron chi connectivity index (χ1n) is 6.87. The van der Waals surface area contributed by atoms with Gasteiger partial charge in [-0.25, -0.2) is 9.78 Å². The molecule has 2 aromatic rings. The van der Waals surface area contributed by atoms with Crippen molar-refractivity contribution in [2.24, 2.45) is 7.05 Å². The average molecular weight is 340 g/mol. The minimum Gasteiger partial charge on any atom is -0.335 e. The molecule has 1 fully saturated rings. The van der Waals surface area contributed by atoms with Crippen molar-refractivity contribution in [1.82, 2.24) is 25.4 Å². The maximum absolute atomic E-state index is 11.9. The molecular weight excluding hydrogens is 325 g/mol. The Kier molecular flexibility index (Phi) is 4.22. The van der Waals surface area contributed by atoms with Crippen molar-refractivity contribution < 1.29 is 4.79 Å². The van der Waals surface area contributed by atoms with Gasteiger partial charge >= 0.3 is 6.03 Å². The van der Waals surface area contributed by atoms with E-state index in [4.69, 9.17) is 23.2 Å². The average Bonchev–Trinajstić information content (AvgIpc) is 3.11. The monoisotopic (exact) mass is 339 g/mol. The van der Waals surface area contributed by atoms with Gasteiger partial charge in [0, 0.05) is 19.0 Å². The van der Waals surface area contributed by atoms with Crippen molar-refractivity contribution >= 4 is 29.2 Å². The molecule has 1 aliphatic carbocycles. The molecule has 3 rings (SSSR count). The lowest BCUT2D eigenvalue weighted by Gasteiger charge is -2.08. The Balaban J connectivity index is 1.52. The van der Waals surface area contributed by atoms with E-state index in [9.17, 15) is 4.79 Å². The Morgan fingerprint density at radius 3 is 3.00 bits per heavy atom. The van der Waals surface area contributed by atoms with E-state index in [0.29, 0.717) is 22.4 Å². The van der Waals surface area contributed by atoms with Crippen molar-refractivity contribution in [3.63, 3.8) is 0 Å². The van der Waals surface area contributed by atoms with Gasteiger partial charge in [-0.05, 0) is 18.1 Å². The highest BCUT2D eigenvalue weighted by molar-refractivity contribution is 6.42. The quantitative estimate of drug-likeness (QED) is 0.898. The van der Waals surface area contributed by atoms with Crippen LogP contribution in [0, 0.1) is 0 Å². The highest BCUT2D eigenvalue weighted by Gasteiger charge is 2.40. The van der Waals surface area contributed by atoms with Crippen LogP contribution in [0.2, 0.25) is 10.0 Å². The van der Waals surface area contributed by atoms with Gasteiger partial charge in [-0.1, -0.05) is 35.3 Å². The highest BCUT2D eigenvalue weighted by atomic mass is 35.5. The van der Waals surface area contributed by atoms with E-state index < -0.39 is 0 Å². The molecule has 8 heteroatoms. The number of carbonyl (C=O) groups is 1. The van der Waals surface area contributed by atoms with Crippen molar-refractivity contribution in [3.8, 4) is 0 Å². The third kappa shape index (κ3) is 3.18. The molecule has 0 aliphatic heterocycles. The lowest BCUT2D eigenvalue weighted by Crippen LogP contribution is -2.37. The molecule has 0 radical (unpaired) electrons. The summed E-state index contributed by atoms with van der Waals surface area (Å²) in [6.07, 6.45) is 2.31. The molecule has 0 unspecified atom stereocenters. The molecule has 116 valence electrons. The summed E-state index contributed by atoms with van der Waals surface area (Å²) in [7, 11) is 1.78. The Labute approximate surface area is 137 Å². The van der Waals surface area contributed by atoms with E-state index in [0.717, 1.165) is 12.0 Å². The molecule has 2 N–H and O–H groups in total. The predicted octanol–water partition coefficient (Wildman–Crippen LogP) is 2.48. The van der Waals surface area contributed by atoms with Crippen LogP contribution in [0.25, 0.3) is 0 Å². The molecule has 1 aromatic heterocycles. The number of benzene rings is 1. The van der Waals surface area contributed by atoms with Crippen molar-refractivity contribution in [3.05, 3.63) is 46.0 Å². The van der Waals surface area contributed by atoms with Gasteiger partial charge in [0.2, 0.25) is 0 Å². The fourth-order valence-corrected chi connectivity index (χ4v) is 2.81. The van der Waals surface area contributed by atoms with Crippen molar-refractivity contribution in [2.45, 2.75) is 24.9 Å². The zero-order valence-corrected chi connectivity index (χ0v) is 13.4. The standard InChI is InChI=1S/C14H15Cl2N5O/c1-21-12(18-7-19-21)6-17-14(22)20-11-5-9(11)8-3-2-4-10(15)13(8)16/h2-4,7,9,11H,5-6H2,1H3,(H2,17,20,22)/t9-,11+/m0/s1. The third-order valence-electron chi connectivity index (χ3n) is 3.70. The van der Waals surface area contributed by atoms with Gasteiger partial charge in [0.25, 0.3) is 0 Å². The van der Waals surface area contributed by atoms with Gasteiger partial charge in [-0.2, -0.15) is 5.10 Å². The fourth-order valence-electron chi connectivity index (χ4n) is 2.36. The first kappa shape index (κ1) is 15.1. The van der Waals surface area contributed by atoms with E-state index in [1.807, 2.05) is 12.1 Å². The summed E-state index contributed by atoms with van der Waals surface area (Å²) in [5, 5.41) is 10.7. The summed E-state index contributed by atoms with van der Waals surface area (Å²) in [6, 6.07) is 5.42. The smallest absolute Gasteiger partial charge is 0.315 e. The Morgan fingerprint density at radius 2 is 2.27 bits per heavy atom. The molecule has 1 heterocycles. The summed E-state index contributed by atoms with van der Waals surface area (Å²) in [5.74, 6) is 0.909. The molecule has 22 heavy (non-hydrogen) atoms. The summed E-state index contributed by atoms with van der Waals surface area (Å²) in [5.41, 5.74) is 0.979. The van der Waals surface area contributed by atoms with E-state index in [1.54, 1.807) is 17.8 Å². The number of rotatable bonds is 4. The first-order valence-corrected chi connectivity index (χ1v) is 7.63. The van der Waals surface area contributed by atoms with Gasteiger partial charge < -0.3 is 10.6 Å². The summed E-state index contributed by atoms with van der Waals surface area (Å²) < 4.78 is 1.62. The predicted molar refractivity (Wildman–Crippen MR) is 84.0 cm³/mol. The number of urea groups is 1. The minimum absolute atomic E-state index is 0.0791. The van der Waals surface area contributed by atoms with Gasteiger partial charge in [0.1, 0.15) is 12.2 Å². The molecule has 1 aromatic carbocycles. The molecule has 2 amide bonds. The summed E-state index contributed by atoms with van der Waals surface area (Å²) in [4.78, 5) is 15.9. The van der Waals surface area contributed by atoms with Crippen molar-refractivity contribution in [2.75, 3.05) is 0 Å². The normalized spacial score (nSPS) is 19.8. The first-order chi connectivity index (χ1) is 10.6. The lowest BCUT2D eigenvalue weighted by atomic mass is 10.1. The number of nitrogens with zero attached hydrogens (tertiary/aromatic N) is 3. The molecular formula is C14H15Cl2N5O. The summed E-state index contributed by atoms with van der Waals surface area (Å²) >= 11 is 12.2. The largest absolute Gasteiger partial charge is 0.335 e. The van der Waals surface area contributed by atoms with E-state index in [-0.39, 0.29) is 18.0 Å². The Morgan fingerprint density at radius 1 is 1.45 bits per heavy atom. The van der Waals surface area contributed by atoms with Crippen LogP contribution in [0.3, 0.4) is 0 Å². The lowest BCUT2D eigenvalue weighted by molar-refractivity contribution is 0.239. The second-order valence-electron chi connectivity index (χ2n) is 5.22. The van der Waals surface area contributed by atoms with Gasteiger partial charge in [0.15, 0.2) is 0 Å². The van der Waals surface area contributed by atoms with Crippen LogP contribution in [0.15, 0.2) is 24.5 Å². The second-order valence-corrected chi connectivity index (χ2v) is 6.00. The van der Waals surface area contributed by atoms with Crippen LogP contribution >= 0.6 is 23.2 Å². The van der Waals surface area contributed by atoms with E-state index in [2.05, 4.69) is 20.7 Å². The summed E-state index contributed by atoms with van der Waals surface area (Å²) in [6.45, 7) is 0.331. The maximum atomic E-state index is 11.9. The topological polar surface area (TPSA) is 71.8 Å². The molecule has 2 atom stereocenters. The number of aromatic nitrogens is 3. The minimum atomic E-state index is -0.228. The van der Waals surface area contributed by atoms with Crippen LogP contribution in [0.5, 0.6) is 0 Å². The second kappa shape index (κ2) is 6.14. The number of nitrogens with one attached hydrogen (secondary N) is 2. The van der Waals surface area contributed by atoms with E-state index >= 15 is 0 Å². The van der Waals surface area contributed by atoms with Gasteiger partial charge in [-0.3, -0.25) is 4.68 Å². The van der Waals surface area contributed by atoms with Crippen molar-refractivity contribution in [1.29, 1.82) is 0 Å². The molecule has 6 nitrogen and oxygen atoms in total. The van der Waals surface area contributed by atoms with Crippen LogP contribution in [-0.4, -0.2) is 26.8 Å². The van der Waals surface area contributed by atoms with Gasteiger partial charge in [-0.15, -0.1) is 0 Å². The molecule has 0 bridgehead atoms. The molecule has 1 saturated carbocycles. The highest BCUT2D eigenvalue weighted by Crippen LogP contribution is 2.45. The SMILES string of the molecule is Cn1ncnc1CNC(=O)N[C@@H]1C[C@H]1c1cccc(Cl)c1Cl. The Bertz CT molecular complexity index is 702. The molecule has 0 saturated heterocycles. The van der Waals surface area contributed by atoms with Gasteiger partial charge in [0.05, 0.1) is 16.6 Å². The van der Waals surface area contributed by atoms with Crippen LogP contribution < -0.4 is 10.6 Å². The number of halogens is 2. The number of amides is 2. The van der Waals surface area contributed by atoms with Crippen LogP contribution in [0.1, 0.15) is 23.7 Å². The van der Waals surface area contributed by atoms with E-state index in [1.165, 1.54) is 6.33 Å². The molecule has 0 spiro atoms. The third-order valence-corrected chi connectivity index (χ3v) is 4.53. The van der Waals surface area contributed by atoms with Crippen LogP contribution in [-0.2, 0) is 13.6 Å². The Hall–Kier alpha value is -1.79. The number of aryl methyl sites for hydroxylation is 1. The number of hydrogen-bond donors (Lipinski definition) is 2. The molecule has 1 aliphatic rings. The zero-order valence-electron chi connectivity index (χ0n) is 11.9.